The summed E-state index contributed by atoms with van der Waals surface area (Å²) in [6, 6.07) is 6.51. The van der Waals surface area contributed by atoms with Gasteiger partial charge in [0.2, 0.25) is 5.91 Å². The van der Waals surface area contributed by atoms with Crippen molar-refractivity contribution in [2.45, 2.75) is 58.1 Å². The van der Waals surface area contributed by atoms with Gasteiger partial charge in [0.05, 0.1) is 11.1 Å². The number of carbonyl (C=O) groups excluding carboxylic acids is 1. The quantitative estimate of drug-likeness (QED) is 0.843. The number of nitrogens with one attached hydrogen (secondary N) is 1. The average molecular weight is 362 g/mol. The summed E-state index contributed by atoms with van der Waals surface area (Å²) in [6.45, 7) is 5.24. The lowest BCUT2D eigenvalue weighted by atomic mass is 9.74. The summed E-state index contributed by atoms with van der Waals surface area (Å²) in [5.41, 5.74) is 0.982. The van der Waals surface area contributed by atoms with Crippen LogP contribution >= 0.6 is 0 Å². The molecule has 2 atom stereocenters. The van der Waals surface area contributed by atoms with Crippen LogP contribution in [0.4, 0.5) is 4.39 Å². The molecule has 2 heterocycles. The van der Waals surface area contributed by atoms with Crippen LogP contribution in [0.25, 0.3) is 0 Å². The summed E-state index contributed by atoms with van der Waals surface area (Å²) in [6.07, 6.45) is 3.28. The minimum Gasteiger partial charge on any atom is -0.392 e. The Hall–Kier alpha value is -1.95. The fourth-order valence-corrected chi connectivity index (χ4v) is 3.58. The molecular formula is C20H27FN2O3. The van der Waals surface area contributed by atoms with E-state index in [2.05, 4.69) is 17.4 Å². The Bertz CT molecular complexity index is 671. The largest absolute Gasteiger partial charge is 0.392 e. The zero-order chi connectivity index (χ0) is 18.6. The SMILES string of the molecule is CC[C@@H](C)NC(=O)C1(C[C@H]2CC(c3cccc(F)c3)=NO2)CCOCC1. The van der Waals surface area contributed by atoms with Crippen molar-refractivity contribution in [2.24, 2.45) is 10.6 Å². The highest BCUT2D eigenvalue weighted by atomic mass is 19.1. The fourth-order valence-electron chi connectivity index (χ4n) is 3.58. The summed E-state index contributed by atoms with van der Waals surface area (Å²) >= 11 is 0. The summed E-state index contributed by atoms with van der Waals surface area (Å²) < 4.78 is 18.9. The smallest absolute Gasteiger partial charge is 0.226 e. The Kier molecular flexibility index (Phi) is 5.91. The third-order valence-electron chi connectivity index (χ3n) is 5.43. The zero-order valence-electron chi connectivity index (χ0n) is 15.5. The van der Waals surface area contributed by atoms with E-state index in [0.29, 0.717) is 38.9 Å². The van der Waals surface area contributed by atoms with Gasteiger partial charge in [-0.1, -0.05) is 24.2 Å². The fraction of sp³-hybridized carbons (Fsp3) is 0.600. The first-order valence-corrected chi connectivity index (χ1v) is 9.40. The third-order valence-corrected chi connectivity index (χ3v) is 5.43. The van der Waals surface area contributed by atoms with Crippen LogP contribution in [0.1, 0.15) is 51.5 Å². The van der Waals surface area contributed by atoms with Crippen LogP contribution in [-0.4, -0.2) is 37.0 Å². The molecule has 142 valence electrons. The van der Waals surface area contributed by atoms with Gasteiger partial charge in [-0.3, -0.25) is 4.79 Å². The van der Waals surface area contributed by atoms with Gasteiger partial charge in [-0.15, -0.1) is 0 Å². The van der Waals surface area contributed by atoms with Crippen molar-refractivity contribution in [3.05, 3.63) is 35.6 Å². The Morgan fingerprint density at radius 2 is 2.19 bits per heavy atom. The topological polar surface area (TPSA) is 59.9 Å². The van der Waals surface area contributed by atoms with Gasteiger partial charge in [0, 0.05) is 37.7 Å². The van der Waals surface area contributed by atoms with E-state index in [4.69, 9.17) is 9.57 Å². The first-order valence-electron chi connectivity index (χ1n) is 9.40. The van der Waals surface area contributed by atoms with E-state index in [1.807, 2.05) is 13.0 Å². The number of benzene rings is 1. The Morgan fingerprint density at radius 1 is 1.42 bits per heavy atom. The van der Waals surface area contributed by atoms with Gasteiger partial charge < -0.3 is 14.9 Å². The number of oxime groups is 1. The monoisotopic (exact) mass is 362 g/mol. The number of hydrogen-bond donors (Lipinski definition) is 1. The van der Waals surface area contributed by atoms with E-state index in [9.17, 15) is 9.18 Å². The molecule has 0 spiro atoms. The van der Waals surface area contributed by atoms with Crippen molar-refractivity contribution in [3.8, 4) is 0 Å². The highest BCUT2D eigenvalue weighted by Crippen LogP contribution is 2.38. The van der Waals surface area contributed by atoms with Gasteiger partial charge in [-0.05, 0) is 38.3 Å². The molecule has 3 rings (SSSR count). The van der Waals surface area contributed by atoms with Crippen LogP contribution in [0.2, 0.25) is 0 Å². The second kappa shape index (κ2) is 8.16. The molecule has 0 saturated carbocycles. The molecule has 0 aromatic heterocycles. The number of ether oxygens (including phenoxy) is 1. The van der Waals surface area contributed by atoms with E-state index in [1.165, 1.54) is 12.1 Å². The maximum Gasteiger partial charge on any atom is 0.226 e. The number of rotatable bonds is 6. The van der Waals surface area contributed by atoms with Crippen molar-refractivity contribution < 1.29 is 18.8 Å². The highest BCUT2D eigenvalue weighted by Gasteiger charge is 2.44. The summed E-state index contributed by atoms with van der Waals surface area (Å²) in [5, 5.41) is 7.28. The number of halogens is 1. The summed E-state index contributed by atoms with van der Waals surface area (Å²) in [4.78, 5) is 18.6. The van der Waals surface area contributed by atoms with Crippen LogP contribution in [0, 0.1) is 11.2 Å². The molecule has 1 saturated heterocycles. The van der Waals surface area contributed by atoms with Gasteiger partial charge in [0.25, 0.3) is 0 Å². The average Bonchev–Trinajstić information content (AvgIpc) is 3.10. The van der Waals surface area contributed by atoms with E-state index < -0.39 is 5.41 Å². The molecule has 0 radical (unpaired) electrons. The minimum atomic E-state index is -0.487. The molecule has 2 aliphatic rings. The molecule has 1 amide bonds. The second-order valence-corrected chi connectivity index (χ2v) is 7.36. The lowest BCUT2D eigenvalue weighted by molar-refractivity contribution is -0.140. The van der Waals surface area contributed by atoms with E-state index in [-0.39, 0.29) is 23.9 Å². The first-order chi connectivity index (χ1) is 12.5. The van der Waals surface area contributed by atoms with Crippen molar-refractivity contribution in [2.75, 3.05) is 13.2 Å². The first kappa shape index (κ1) is 18.8. The zero-order valence-corrected chi connectivity index (χ0v) is 15.5. The molecule has 2 aliphatic heterocycles. The molecule has 6 heteroatoms. The number of amides is 1. The molecule has 26 heavy (non-hydrogen) atoms. The Labute approximate surface area is 153 Å². The van der Waals surface area contributed by atoms with Crippen LogP contribution < -0.4 is 5.32 Å². The lowest BCUT2D eigenvalue weighted by Crippen LogP contribution is -2.48. The van der Waals surface area contributed by atoms with Gasteiger partial charge in [0.1, 0.15) is 11.9 Å². The molecule has 1 aromatic carbocycles. The van der Waals surface area contributed by atoms with Crippen LogP contribution in [0.5, 0.6) is 0 Å². The molecule has 0 aliphatic carbocycles. The molecule has 5 nitrogen and oxygen atoms in total. The number of hydrogen-bond acceptors (Lipinski definition) is 4. The predicted octanol–water partition coefficient (Wildman–Crippen LogP) is 3.42. The van der Waals surface area contributed by atoms with Gasteiger partial charge in [0.15, 0.2) is 0 Å². The molecule has 1 aromatic rings. The van der Waals surface area contributed by atoms with Crippen LogP contribution in [0.3, 0.4) is 0 Å². The molecular weight excluding hydrogens is 335 g/mol. The summed E-state index contributed by atoms with van der Waals surface area (Å²) in [5.74, 6) is -0.208. The van der Waals surface area contributed by atoms with Crippen LogP contribution in [0.15, 0.2) is 29.4 Å². The van der Waals surface area contributed by atoms with Crippen molar-refractivity contribution in [1.29, 1.82) is 0 Å². The maximum absolute atomic E-state index is 13.4. The number of carbonyl (C=O) groups is 1. The van der Waals surface area contributed by atoms with E-state index in [1.54, 1.807) is 6.07 Å². The minimum absolute atomic E-state index is 0.0814. The van der Waals surface area contributed by atoms with Gasteiger partial charge >= 0.3 is 0 Å². The van der Waals surface area contributed by atoms with Crippen molar-refractivity contribution in [3.63, 3.8) is 0 Å². The molecule has 0 bridgehead atoms. The van der Waals surface area contributed by atoms with E-state index >= 15 is 0 Å². The standard InChI is InChI=1S/C20H27FN2O3/c1-3-14(2)22-19(24)20(7-9-25-10-8-20)13-17-12-18(23-26-17)15-5-4-6-16(21)11-15/h4-6,11,14,17H,3,7-10,12-13H2,1-2H3,(H,22,24)/t14-,17-/m1/s1. The van der Waals surface area contributed by atoms with Crippen molar-refractivity contribution in [1.82, 2.24) is 5.32 Å². The second-order valence-electron chi connectivity index (χ2n) is 7.36. The third kappa shape index (κ3) is 4.23. The summed E-state index contributed by atoms with van der Waals surface area (Å²) in [7, 11) is 0. The van der Waals surface area contributed by atoms with Crippen LogP contribution in [-0.2, 0) is 14.4 Å². The predicted molar refractivity (Wildman–Crippen MR) is 97.4 cm³/mol. The molecule has 0 unspecified atom stereocenters. The number of nitrogens with zero attached hydrogens (tertiary/aromatic N) is 1. The normalized spacial score (nSPS) is 23.0. The maximum atomic E-state index is 13.4. The molecule has 1 fully saturated rings. The van der Waals surface area contributed by atoms with E-state index in [0.717, 1.165) is 17.7 Å². The Morgan fingerprint density at radius 3 is 2.88 bits per heavy atom. The lowest BCUT2D eigenvalue weighted by Gasteiger charge is -2.37. The highest BCUT2D eigenvalue weighted by molar-refractivity contribution is 6.01. The molecule has 1 N–H and O–H groups in total. The van der Waals surface area contributed by atoms with Gasteiger partial charge in [-0.2, -0.15) is 0 Å². The van der Waals surface area contributed by atoms with Gasteiger partial charge in [-0.25, -0.2) is 4.39 Å². The Balaban J connectivity index is 1.68. The van der Waals surface area contributed by atoms with Crippen molar-refractivity contribution >= 4 is 11.6 Å².